The molecule has 0 aromatic rings. The molecular weight excluding hydrogens is 270 g/mol. The molecule has 0 N–H and O–H groups in total. The summed E-state index contributed by atoms with van der Waals surface area (Å²) in [5, 5.41) is 0. The molecule has 0 spiro atoms. The van der Waals surface area contributed by atoms with E-state index in [0.717, 1.165) is 12.8 Å². The molecule has 0 saturated carbocycles. The van der Waals surface area contributed by atoms with Gasteiger partial charge in [-0.2, -0.15) is 0 Å². The number of likely N-dealkylation sites (N-methyl/N-ethyl adjacent to an activating group) is 1. The van der Waals surface area contributed by atoms with Crippen molar-refractivity contribution < 1.29 is 9.53 Å². The van der Waals surface area contributed by atoms with Gasteiger partial charge in [0.2, 0.25) is 0 Å². The highest BCUT2D eigenvalue weighted by Crippen LogP contribution is 2.22. The van der Waals surface area contributed by atoms with Gasteiger partial charge in [-0.25, -0.2) is 0 Å². The van der Waals surface area contributed by atoms with E-state index in [1.54, 1.807) is 19.0 Å². The number of nitrogens with zero attached hydrogens (tertiary/aromatic N) is 1. The van der Waals surface area contributed by atoms with Crippen LogP contribution in [0.5, 0.6) is 0 Å². The number of halogens is 1. The Bertz CT molecular complexity index is 266. The van der Waals surface area contributed by atoms with Crippen molar-refractivity contribution in [2.24, 2.45) is 0 Å². The van der Waals surface area contributed by atoms with Gasteiger partial charge < -0.3 is 9.64 Å². The van der Waals surface area contributed by atoms with Crippen LogP contribution in [0.2, 0.25) is 0 Å². The molecule has 1 amide bonds. The summed E-state index contributed by atoms with van der Waals surface area (Å²) in [6.07, 6.45) is 6.48. The summed E-state index contributed by atoms with van der Waals surface area (Å²) in [6, 6.07) is 0. The van der Waals surface area contributed by atoms with Gasteiger partial charge in [-0.15, -0.1) is 0 Å². The van der Waals surface area contributed by atoms with Crippen LogP contribution in [0.1, 0.15) is 26.2 Å². The Morgan fingerprint density at radius 2 is 2.06 bits per heavy atom. The standard InChI is InChI=1S/C12H20BrNO2/c1-4-10-9(13)7-5-6-8-11(16-10)12(15)14(2)3/h5-6,9-11H,4,7-8H2,1-3H3/b6-5-/t9-,10+,11+/m0/s1. The Morgan fingerprint density at radius 3 is 2.62 bits per heavy atom. The molecule has 4 heteroatoms. The minimum atomic E-state index is -0.337. The largest absolute Gasteiger partial charge is 0.364 e. The molecule has 0 radical (unpaired) electrons. The number of ether oxygens (including phenoxy) is 1. The molecule has 0 aromatic carbocycles. The topological polar surface area (TPSA) is 29.5 Å². The van der Waals surface area contributed by atoms with Gasteiger partial charge in [0.1, 0.15) is 6.10 Å². The van der Waals surface area contributed by atoms with Crippen molar-refractivity contribution in [3.63, 3.8) is 0 Å². The van der Waals surface area contributed by atoms with Crippen LogP contribution in [0.3, 0.4) is 0 Å². The van der Waals surface area contributed by atoms with Crippen LogP contribution >= 0.6 is 15.9 Å². The third kappa shape index (κ3) is 3.59. The first-order valence-electron chi connectivity index (χ1n) is 5.72. The molecule has 0 saturated heterocycles. The van der Waals surface area contributed by atoms with Crippen LogP contribution in [0, 0.1) is 0 Å². The van der Waals surface area contributed by atoms with Gasteiger partial charge in [0.15, 0.2) is 0 Å². The maximum absolute atomic E-state index is 11.9. The second-order valence-electron chi connectivity index (χ2n) is 4.26. The number of rotatable bonds is 2. The van der Waals surface area contributed by atoms with E-state index in [4.69, 9.17) is 4.74 Å². The van der Waals surface area contributed by atoms with Gasteiger partial charge in [0.25, 0.3) is 5.91 Å². The molecule has 0 unspecified atom stereocenters. The van der Waals surface area contributed by atoms with Crippen LogP contribution < -0.4 is 0 Å². The molecule has 16 heavy (non-hydrogen) atoms. The fourth-order valence-corrected chi connectivity index (χ4v) is 2.46. The second-order valence-corrected chi connectivity index (χ2v) is 5.44. The number of hydrogen-bond donors (Lipinski definition) is 0. The van der Waals surface area contributed by atoms with Crippen LogP contribution in [-0.4, -0.2) is 41.9 Å². The van der Waals surface area contributed by atoms with Crippen LogP contribution in [0.15, 0.2) is 12.2 Å². The van der Waals surface area contributed by atoms with Crippen molar-refractivity contribution in [1.82, 2.24) is 4.90 Å². The summed E-state index contributed by atoms with van der Waals surface area (Å²) in [7, 11) is 3.53. The lowest BCUT2D eigenvalue weighted by Crippen LogP contribution is -2.40. The molecule has 0 bridgehead atoms. The molecule has 92 valence electrons. The summed E-state index contributed by atoms with van der Waals surface area (Å²) in [6.45, 7) is 2.08. The highest BCUT2D eigenvalue weighted by molar-refractivity contribution is 9.09. The first-order chi connectivity index (χ1) is 7.56. The van der Waals surface area contributed by atoms with E-state index in [1.807, 2.05) is 6.08 Å². The predicted octanol–water partition coefficient (Wildman–Crippen LogP) is 2.35. The van der Waals surface area contributed by atoms with Crippen molar-refractivity contribution in [1.29, 1.82) is 0 Å². The first-order valence-corrected chi connectivity index (χ1v) is 6.63. The van der Waals surface area contributed by atoms with E-state index in [2.05, 4.69) is 28.9 Å². The van der Waals surface area contributed by atoms with Crippen molar-refractivity contribution in [3.05, 3.63) is 12.2 Å². The molecule has 1 heterocycles. The maximum Gasteiger partial charge on any atom is 0.251 e. The van der Waals surface area contributed by atoms with E-state index >= 15 is 0 Å². The van der Waals surface area contributed by atoms with Gasteiger partial charge in [-0.05, 0) is 12.8 Å². The minimum absolute atomic E-state index is 0.0460. The van der Waals surface area contributed by atoms with Crippen LogP contribution in [0.4, 0.5) is 0 Å². The van der Waals surface area contributed by atoms with Crippen LogP contribution in [-0.2, 0) is 9.53 Å². The van der Waals surface area contributed by atoms with Crippen molar-refractivity contribution in [3.8, 4) is 0 Å². The van der Waals surface area contributed by atoms with Gasteiger partial charge in [-0.1, -0.05) is 35.0 Å². The minimum Gasteiger partial charge on any atom is -0.364 e. The Balaban J connectivity index is 2.73. The van der Waals surface area contributed by atoms with Crippen molar-refractivity contribution in [2.45, 2.75) is 43.2 Å². The summed E-state index contributed by atoms with van der Waals surface area (Å²) < 4.78 is 5.89. The lowest BCUT2D eigenvalue weighted by atomic mass is 10.1. The van der Waals surface area contributed by atoms with Crippen molar-refractivity contribution >= 4 is 21.8 Å². The Morgan fingerprint density at radius 1 is 1.44 bits per heavy atom. The van der Waals surface area contributed by atoms with Gasteiger partial charge >= 0.3 is 0 Å². The SMILES string of the molecule is CC[C@H]1O[C@@H](C(=O)N(C)C)C/C=C\C[C@@H]1Br. The van der Waals surface area contributed by atoms with Crippen molar-refractivity contribution in [2.75, 3.05) is 14.1 Å². The smallest absolute Gasteiger partial charge is 0.251 e. The number of carbonyl (C=O) groups is 1. The van der Waals surface area contributed by atoms with E-state index < -0.39 is 0 Å². The fourth-order valence-electron chi connectivity index (χ4n) is 1.75. The average molecular weight is 290 g/mol. The Hall–Kier alpha value is -0.350. The lowest BCUT2D eigenvalue weighted by molar-refractivity contribution is -0.145. The fraction of sp³-hybridized carbons (Fsp3) is 0.750. The van der Waals surface area contributed by atoms with Gasteiger partial charge in [0.05, 0.1) is 6.10 Å². The normalized spacial score (nSPS) is 32.6. The third-order valence-corrected chi connectivity index (χ3v) is 3.70. The maximum atomic E-state index is 11.9. The lowest BCUT2D eigenvalue weighted by Gasteiger charge is -2.29. The molecule has 0 aliphatic carbocycles. The molecule has 3 atom stereocenters. The van der Waals surface area contributed by atoms with E-state index in [-0.39, 0.29) is 18.1 Å². The Kier molecular flexibility index (Phi) is 5.49. The highest BCUT2D eigenvalue weighted by Gasteiger charge is 2.27. The third-order valence-electron chi connectivity index (χ3n) is 2.74. The van der Waals surface area contributed by atoms with Crippen LogP contribution in [0.25, 0.3) is 0 Å². The number of alkyl halides is 1. The highest BCUT2D eigenvalue weighted by atomic mass is 79.9. The molecule has 0 aromatic heterocycles. The second kappa shape index (κ2) is 6.40. The monoisotopic (exact) mass is 289 g/mol. The Labute approximate surface area is 106 Å². The summed E-state index contributed by atoms with van der Waals surface area (Å²) >= 11 is 3.61. The molecule has 0 fully saturated rings. The number of hydrogen-bond acceptors (Lipinski definition) is 2. The molecule has 1 rings (SSSR count). The molecule has 1 aliphatic rings. The van der Waals surface area contributed by atoms with E-state index in [0.29, 0.717) is 11.2 Å². The number of amides is 1. The zero-order valence-electron chi connectivity index (χ0n) is 10.1. The summed E-state index contributed by atoms with van der Waals surface area (Å²) in [5.41, 5.74) is 0. The quantitative estimate of drug-likeness (QED) is 0.577. The molecule has 1 aliphatic heterocycles. The zero-order valence-corrected chi connectivity index (χ0v) is 11.7. The average Bonchev–Trinajstić information content (AvgIpc) is 2.23. The summed E-state index contributed by atoms with van der Waals surface area (Å²) in [5.74, 6) is 0.0460. The number of allylic oxidation sites excluding steroid dienone is 1. The molecule has 3 nitrogen and oxygen atoms in total. The number of carbonyl (C=O) groups excluding carboxylic acids is 1. The molecular formula is C12H20BrNO2. The van der Waals surface area contributed by atoms with E-state index in [9.17, 15) is 4.79 Å². The van der Waals surface area contributed by atoms with E-state index in [1.165, 1.54) is 0 Å². The first kappa shape index (κ1) is 13.7. The zero-order chi connectivity index (χ0) is 12.1. The summed E-state index contributed by atoms with van der Waals surface area (Å²) in [4.78, 5) is 13.8. The van der Waals surface area contributed by atoms with Gasteiger partial charge in [-0.3, -0.25) is 4.79 Å². The predicted molar refractivity (Wildman–Crippen MR) is 68.7 cm³/mol. The van der Waals surface area contributed by atoms with Gasteiger partial charge in [0, 0.05) is 25.3 Å².